The number of benzene rings is 2. The Labute approximate surface area is 165 Å². The second kappa shape index (κ2) is 11.7. The standard InChI is InChI=1S/C20H27IO4S/c1-2-3-4-5-6-13-18-24-26(22,23)25-21(19-14-9-7-10-15-19)20-16-11-8-12-17-20/h7-12,14-17H,2-6,13,18H2,1H3. The predicted octanol–water partition coefficient (Wildman–Crippen LogP) is 5.79. The number of hydrogen-bond donors (Lipinski definition) is 0. The summed E-state index contributed by atoms with van der Waals surface area (Å²) in [6.07, 6.45) is 6.45. The summed E-state index contributed by atoms with van der Waals surface area (Å²) in [4.78, 5) is 0. The molecule has 0 N–H and O–H groups in total. The van der Waals surface area contributed by atoms with Crippen molar-refractivity contribution in [2.75, 3.05) is 6.61 Å². The summed E-state index contributed by atoms with van der Waals surface area (Å²) in [6, 6.07) is 19.1. The first kappa shape index (κ1) is 21.3. The number of rotatable bonds is 12. The van der Waals surface area contributed by atoms with Crippen molar-refractivity contribution >= 4 is 30.6 Å². The molecule has 2 rings (SSSR count). The van der Waals surface area contributed by atoms with Gasteiger partial charge < -0.3 is 0 Å². The van der Waals surface area contributed by atoms with Gasteiger partial charge >= 0.3 is 166 Å². The van der Waals surface area contributed by atoms with Crippen molar-refractivity contribution in [1.29, 1.82) is 0 Å². The fourth-order valence-corrected chi connectivity index (χ4v) is 8.79. The zero-order valence-corrected chi connectivity index (χ0v) is 18.1. The monoisotopic (exact) mass is 490 g/mol. The number of hydrogen-bond acceptors (Lipinski definition) is 4. The quantitative estimate of drug-likeness (QED) is 0.279. The van der Waals surface area contributed by atoms with E-state index in [1.165, 1.54) is 19.3 Å². The first-order valence-corrected chi connectivity index (χ1v) is 13.4. The van der Waals surface area contributed by atoms with Crippen LogP contribution in [0.2, 0.25) is 0 Å². The second-order valence-electron chi connectivity index (χ2n) is 5.90. The zero-order chi connectivity index (χ0) is 18.7. The average Bonchev–Trinajstić information content (AvgIpc) is 2.67. The molecule has 0 bridgehead atoms. The van der Waals surface area contributed by atoms with Crippen LogP contribution in [0.15, 0.2) is 60.7 Å². The fourth-order valence-electron chi connectivity index (χ4n) is 2.40. The topological polar surface area (TPSA) is 52.6 Å². The Morgan fingerprint density at radius 2 is 1.27 bits per heavy atom. The molecule has 2 aromatic carbocycles. The third-order valence-corrected chi connectivity index (χ3v) is 10.6. The summed E-state index contributed by atoms with van der Waals surface area (Å²) < 4.78 is 37.1. The van der Waals surface area contributed by atoms with Gasteiger partial charge in [0.15, 0.2) is 0 Å². The molecular weight excluding hydrogens is 463 g/mol. The third kappa shape index (κ3) is 7.73. The molecule has 144 valence electrons. The van der Waals surface area contributed by atoms with Crippen LogP contribution in [-0.4, -0.2) is 15.0 Å². The maximum atomic E-state index is 12.3. The van der Waals surface area contributed by atoms with E-state index < -0.39 is 30.6 Å². The van der Waals surface area contributed by atoms with Gasteiger partial charge in [-0.1, -0.05) is 0 Å². The number of unbranched alkanes of at least 4 members (excludes halogenated alkanes) is 5. The van der Waals surface area contributed by atoms with Crippen molar-refractivity contribution in [3.8, 4) is 0 Å². The molecule has 0 aliphatic heterocycles. The Kier molecular flexibility index (Phi) is 9.60. The van der Waals surface area contributed by atoms with E-state index >= 15 is 0 Å². The first-order valence-electron chi connectivity index (χ1n) is 9.02. The Morgan fingerprint density at radius 1 is 0.769 bits per heavy atom. The van der Waals surface area contributed by atoms with Gasteiger partial charge in [-0.25, -0.2) is 0 Å². The molecule has 6 heteroatoms. The Hall–Kier alpha value is -0.960. The molecular formula is C20H27IO4S. The van der Waals surface area contributed by atoms with Crippen LogP contribution in [0.5, 0.6) is 0 Å². The summed E-state index contributed by atoms with van der Waals surface area (Å²) in [7, 11) is -4.00. The molecule has 0 radical (unpaired) electrons. The van der Waals surface area contributed by atoms with Crippen LogP contribution in [0.25, 0.3) is 0 Å². The van der Waals surface area contributed by atoms with Crippen LogP contribution in [0, 0.1) is 7.14 Å². The van der Waals surface area contributed by atoms with Crippen LogP contribution in [0.1, 0.15) is 45.4 Å². The molecule has 0 saturated carbocycles. The normalized spacial score (nSPS) is 12.1. The molecule has 4 nitrogen and oxygen atoms in total. The van der Waals surface area contributed by atoms with Gasteiger partial charge in [-0.2, -0.15) is 0 Å². The molecule has 0 aliphatic carbocycles. The molecule has 0 aromatic heterocycles. The van der Waals surface area contributed by atoms with Crippen molar-refractivity contribution in [2.45, 2.75) is 45.4 Å². The molecule has 0 spiro atoms. The maximum absolute atomic E-state index is 12.3. The van der Waals surface area contributed by atoms with Crippen LogP contribution >= 0.6 is 20.2 Å². The molecule has 0 fully saturated rings. The molecule has 0 atom stereocenters. The van der Waals surface area contributed by atoms with E-state index in [1.54, 1.807) is 0 Å². The van der Waals surface area contributed by atoms with Crippen molar-refractivity contribution in [2.24, 2.45) is 0 Å². The van der Waals surface area contributed by atoms with Crippen molar-refractivity contribution in [3.05, 3.63) is 67.8 Å². The second-order valence-corrected chi connectivity index (χ2v) is 12.1. The Morgan fingerprint density at radius 3 is 1.81 bits per heavy atom. The van der Waals surface area contributed by atoms with E-state index in [0.717, 1.165) is 26.4 Å². The average molecular weight is 490 g/mol. The first-order chi connectivity index (χ1) is 12.6. The van der Waals surface area contributed by atoms with Crippen molar-refractivity contribution in [3.63, 3.8) is 0 Å². The Balaban J connectivity index is 1.94. The summed E-state index contributed by atoms with van der Waals surface area (Å²) in [5.74, 6) is 0. The zero-order valence-electron chi connectivity index (χ0n) is 15.1. The van der Waals surface area contributed by atoms with E-state index in [1.807, 2.05) is 60.7 Å². The number of halogens is 1. The van der Waals surface area contributed by atoms with Crippen LogP contribution in [0.3, 0.4) is 0 Å². The predicted molar refractivity (Wildman–Crippen MR) is 114 cm³/mol. The molecule has 2 aromatic rings. The van der Waals surface area contributed by atoms with E-state index in [4.69, 9.17) is 6.70 Å². The molecule has 0 aliphatic rings. The molecule has 0 unspecified atom stereocenters. The van der Waals surface area contributed by atoms with Gasteiger partial charge in [0, 0.05) is 0 Å². The minimum absolute atomic E-state index is 0.183. The van der Waals surface area contributed by atoms with Crippen molar-refractivity contribution in [1.82, 2.24) is 0 Å². The Bertz CT molecular complexity index is 680. The van der Waals surface area contributed by atoms with Gasteiger partial charge in [0.25, 0.3) is 0 Å². The SMILES string of the molecule is CCCCCCCCOS(=O)(=O)OI(c1ccccc1)c1ccccc1. The van der Waals surface area contributed by atoms with Crippen LogP contribution in [-0.2, 0) is 17.1 Å². The van der Waals surface area contributed by atoms with Gasteiger partial charge in [0.1, 0.15) is 0 Å². The van der Waals surface area contributed by atoms with Crippen molar-refractivity contribution < 1.29 is 15.1 Å². The van der Waals surface area contributed by atoms with E-state index in [0.29, 0.717) is 0 Å². The van der Waals surface area contributed by atoms with Gasteiger partial charge in [-0.15, -0.1) is 0 Å². The summed E-state index contributed by atoms with van der Waals surface area (Å²) in [5.41, 5.74) is 0. The molecule has 0 heterocycles. The van der Waals surface area contributed by atoms with Gasteiger partial charge in [-0.3, -0.25) is 0 Å². The van der Waals surface area contributed by atoms with E-state index in [9.17, 15) is 8.42 Å². The molecule has 0 amide bonds. The van der Waals surface area contributed by atoms with Crippen LogP contribution < -0.4 is 0 Å². The minimum atomic E-state index is -4.00. The van der Waals surface area contributed by atoms with Crippen LogP contribution in [0.4, 0.5) is 0 Å². The van der Waals surface area contributed by atoms with E-state index in [-0.39, 0.29) is 6.61 Å². The molecule has 26 heavy (non-hydrogen) atoms. The van der Waals surface area contributed by atoms with E-state index in [2.05, 4.69) is 6.92 Å². The summed E-state index contributed by atoms with van der Waals surface area (Å²) in [6.45, 7) is 2.36. The summed E-state index contributed by atoms with van der Waals surface area (Å²) in [5, 5.41) is 0. The van der Waals surface area contributed by atoms with Gasteiger partial charge in [0.05, 0.1) is 0 Å². The fraction of sp³-hybridized carbons (Fsp3) is 0.400. The van der Waals surface area contributed by atoms with Gasteiger partial charge in [-0.05, 0) is 0 Å². The molecule has 0 saturated heterocycles. The third-order valence-electron chi connectivity index (χ3n) is 3.73. The summed E-state index contributed by atoms with van der Waals surface area (Å²) >= 11 is -2.57. The van der Waals surface area contributed by atoms with Gasteiger partial charge in [0.2, 0.25) is 0 Å².